The highest BCUT2D eigenvalue weighted by Gasteiger charge is 2.34. The normalized spacial score (nSPS) is 18.9. The molecule has 0 aromatic heterocycles. The molecule has 1 aliphatic rings. The van der Waals surface area contributed by atoms with Crippen molar-refractivity contribution >= 4 is 21.4 Å². The third-order valence-electron chi connectivity index (χ3n) is 4.29. The van der Waals surface area contributed by atoms with Gasteiger partial charge in [0, 0.05) is 11.8 Å². The van der Waals surface area contributed by atoms with Crippen LogP contribution in [0.5, 0.6) is 5.75 Å². The van der Waals surface area contributed by atoms with Crippen molar-refractivity contribution in [2.75, 3.05) is 11.1 Å². The number of rotatable bonds is 5. The van der Waals surface area contributed by atoms with Crippen molar-refractivity contribution in [2.24, 2.45) is 0 Å². The first-order valence-electron chi connectivity index (χ1n) is 8.44. The van der Waals surface area contributed by atoms with Crippen LogP contribution >= 0.6 is 0 Å². The van der Waals surface area contributed by atoms with E-state index in [2.05, 4.69) is 5.32 Å². The maximum atomic E-state index is 12.9. The van der Waals surface area contributed by atoms with E-state index in [0.29, 0.717) is 24.3 Å². The predicted molar refractivity (Wildman–Crippen MR) is 97.2 cm³/mol. The van der Waals surface area contributed by atoms with Gasteiger partial charge in [-0.1, -0.05) is 24.6 Å². The van der Waals surface area contributed by atoms with E-state index in [1.807, 2.05) is 0 Å². The second-order valence-electron chi connectivity index (χ2n) is 6.28. The SMILES string of the molecule is O=C(Nc1cccc(OCc2ccc(F)cc2)c1)C1CCCCS1(=O)=O. The molecular formula is C19H20FNO4S. The zero-order chi connectivity index (χ0) is 18.6. The number of amides is 1. The summed E-state index contributed by atoms with van der Waals surface area (Å²) in [6, 6.07) is 12.8. The predicted octanol–water partition coefficient (Wildman–Crippen LogP) is 3.31. The fraction of sp³-hybridized carbons (Fsp3) is 0.316. The Labute approximate surface area is 152 Å². The second-order valence-corrected chi connectivity index (χ2v) is 8.59. The molecule has 1 atom stereocenters. The van der Waals surface area contributed by atoms with Crippen LogP contribution in [0.3, 0.4) is 0 Å². The van der Waals surface area contributed by atoms with Crippen molar-refractivity contribution in [1.29, 1.82) is 0 Å². The van der Waals surface area contributed by atoms with Gasteiger partial charge in [0.2, 0.25) is 5.91 Å². The van der Waals surface area contributed by atoms with Gasteiger partial charge in [-0.2, -0.15) is 0 Å². The first-order valence-corrected chi connectivity index (χ1v) is 10.2. The molecule has 26 heavy (non-hydrogen) atoms. The van der Waals surface area contributed by atoms with Crippen molar-refractivity contribution in [1.82, 2.24) is 0 Å². The van der Waals surface area contributed by atoms with Crippen molar-refractivity contribution < 1.29 is 22.3 Å². The van der Waals surface area contributed by atoms with E-state index < -0.39 is 21.0 Å². The van der Waals surface area contributed by atoms with Gasteiger partial charge in [0.1, 0.15) is 23.4 Å². The van der Waals surface area contributed by atoms with E-state index in [0.717, 1.165) is 12.0 Å². The fourth-order valence-corrected chi connectivity index (χ4v) is 4.68. The smallest absolute Gasteiger partial charge is 0.242 e. The molecule has 1 fully saturated rings. The number of nitrogens with one attached hydrogen (secondary N) is 1. The number of halogens is 1. The van der Waals surface area contributed by atoms with Crippen molar-refractivity contribution in [2.45, 2.75) is 31.1 Å². The highest BCUT2D eigenvalue weighted by Crippen LogP contribution is 2.23. The summed E-state index contributed by atoms with van der Waals surface area (Å²) in [7, 11) is -3.38. The number of ether oxygens (including phenoxy) is 1. The number of benzene rings is 2. The Bertz CT molecular complexity index is 881. The van der Waals surface area contributed by atoms with E-state index in [1.54, 1.807) is 36.4 Å². The highest BCUT2D eigenvalue weighted by atomic mass is 32.2. The van der Waals surface area contributed by atoms with E-state index in [4.69, 9.17) is 4.74 Å². The Morgan fingerprint density at radius 1 is 1.15 bits per heavy atom. The van der Waals surface area contributed by atoms with Gasteiger partial charge in [-0.3, -0.25) is 4.79 Å². The maximum Gasteiger partial charge on any atom is 0.242 e. The zero-order valence-electron chi connectivity index (χ0n) is 14.2. The summed E-state index contributed by atoms with van der Waals surface area (Å²) < 4.78 is 42.7. The Hall–Kier alpha value is -2.41. The largest absolute Gasteiger partial charge is 0.489 e. The van der Waals surface area contributed by atoms with Crippen LogP contribution in [0.4, 0.5) is 10.1 Å². The molecule has 7 heteroatoms. The monoisotopic (exact) mass is 377 g/mol. The summed E-state index contributed by atoms with van der Waals surface area (Å²) in [5, 5.41) is 1.68. The van der Waals surface area contributed by atoms with Crippen LogP contribution in [-0.4, -0.2) is 25.3 Å². The minimum Gasteiger partial charge on any atom is -0.489 e. The summed E-state index contributed by atoms with van der Waals surface area (Å²) in [5.41, 5.74) is 1.29. The molecule has 1 saturated heterocycles. The quantitative estimate of drug-likeness (QED) is 0.868. The van der Waals surface area contributed by atoms with Crippen LogP contribution in [0, 0.1) is 5.82 Å². The van der Waals surface area contributed by atoms with Crippen molar-refractivity contribution in [3.63, 3.8) is 0 Å². The molecule has 138 valence electrons. The highest BCUT2D eigenvalue weighted by molar-refractivity contribution is 7.92. The molecule has 3 rings (SSSR count). The first-order chi connectivity index (χ1) is 12.4. The summed E-state index contributed by atoms with van der Waals surface area (Å²) in [6.07, 6.45) is 1.70. The van der Waals surface area contributed by atoms with E-state index in [9.17, 15) is 17.6 Å². The molecule has 0 bridgehead atoms. The summed E-state index contributed by atoms with van der Waals surface area (Å²) in [5.74, 6) is -0.221. The van der Waals surface area contributed by atoms with Gasteiger partial charge in [-0.25, -0.2) is 12.8 Å². The molecule has 1 amide bonds. The van der Waals surface area contributed by atoms with Gasteiger partial charge in [-0.15, -0.1) is 0 Å². The third-order valence-corrected chi connectivity index (χ3v) is 6.47. The van der Waals surface area contributed by atoms with Crippen LogP contribution in [0.1, 0.15) is 24.8 Å². The van der Waals surface area contributed by atoms with Crippen LogP contribution < -0.4 is 10.1 Å². The lowest BCUT2D eigenvalue weighted by Gasteiger charge is -2.21. The molecule has 2 aromatic rings. The number of hydrogen-bond donors (Lipinski definition) is 1. The lowest BCUT2D eigenvalue weighted by Crippen LogP contribution is -2.39. The number of anilines is 1. The topological polar surface area (TPSA) is 72.5 Å². The molecule has 1 N–H and O–H groups in total. The lowest BCUT2D eigenvalue weighted by atomic mass is 10.2. The van der Waals surface area contributed by atoms with Crippen molar-refractivity contribution in [3.05, 3.63) is 59.9 Å². The molecule has 1 aliphatic heterocycles. The molecule has 1 heterocycles. The maximum absolute atomic E-state index is 12.9. The molecule has 2 aromatic carbocycles. The van der Waals surface area contributed by atoms with Crippen LogP contribution in [-0.2, 0) is 21.2 Å². The van der Waals surface area contributed by atoms with Crippen LogP contribution in [0.25, 0.3) is 0 Å². The summed E-state index contributed by atoms with van der Waals surface area (Å²) in [4.78, 5) is 12.3. The summed E-state index contributed by atoms with van der Waals surface area (Å²) >= 11 is 0. The van der Waals surface area contributed by atoms with E-state index in [1.165, 1.54) is 12.1 Å². The molecule has 0 aliphatic carbocycles. The Morgan fingerprint density at radius 3 is 2.65 bits per heavy atom. The van der Waals surface area contributed by atoms with Gasteiger partial charge in [-0.05, 0) is 42.7 Å². The Balaban J connectivity index is 1.63. The second kappa shape index (κ2) is 7.86. The lowest BCUT2D eigenvalue weighted by molar-refractivity contribution is -0.116. The van der Waals surface area contributed by atoms with Gasteiger partial charge >= 0.3 is 0 Å². The third kappa shape index (κ3) is 4.60. The van der Waals surface area contributed by atoms with Crippen LogP contribution in [0.15, 0.2) is 48.5 Å². The average Bonchev–Trinajstić information content (AvgIpc) is 2.61. The average molecular weight is 377 g/mol. The fourth-order valence-electron chi connectivity index (χ4n) is 2.88. The number of sulfone groups is 1. The van der Waals surface area contributed by atoms with Gasteiger partial charge in [0.15, 0.2) is 9.84 Å². The molecule has 0 radical (unpaired) electrons. The summed E-state index contributed by atoms with van der Waals surface area (Å²) in [6.45, 7) is 0.259. The van der Waals surface area contributed by atoms with E-state index >= 15 is 0 Å². The minimum atomic E-state index is -3.38. The molecular weight excluding hydrogens is 357 g/mol. The Kier molecular flexibility index (Phi) is 5.56. The molecule has 5 nitrogen and oxygen atoms in total. The minimum absolute atomic E-state index is 0.0614. The number of carbonyl (C=O) groups is 1. The number of carbonyl (C=O) groups excluding carboxylic acids is 1. The van der Waals surface area contributed by atoms with Gasteiger partial charge < -0.3 is 10.1 Å². The van der Waals surface area contributed by atoms with Crippen molar-refractivity contribution in [3.8, 4) is 5.75 Å². The van der Waals surface area contributed by atoms with Crippen LogP contribution in [0.2, 0.25) is 0 Å². The molecule has 1 unspecified atom stereocenters. The Morgan fingerprint density at radius 2 is 1.92 bits per heavy atom. The number of hydrogen-bond acceptors (Lipinski definition) is 4. The van der Waals surface area contributed by atoms with E-state index in [-0.39, 0.29) is 18.2 Å². The van der Waals surface area contributed by atoms with Gasteiger partial charge in [0.05, 0.1) is 5.75 Å². The first kappa shape index (κ1) is 18.4. The zero-order valence-corrected chi connectivity index (χ0v) is 15.0. The molecule has 0 spiro atoms. The molecule has 0 saturated carbocycles. The van der Waals surface area contributed by atoms with Gasteiger partial charge in [0.25, 0.3) is 0 Å². The standard InChI is InChI=1S/C19H20FNO4S/c20-15-9-7-14(8-10-15)13-25-17-5-3-4-16(12-17)21-19(22)18-6-1-2-11-26(18,23)24/h3-5,7-10,12,18H,1-2,6,11,13H2,(H,21,22).